The van der Waals surface area contributed by atoms with E-state index in [-0.39, 0.29) is 32.5 Å². The lowest BCUT2D eigenvalue weighted by atomic mass is 10.2. The van der Waals surface area contributed by atoms with Gasteiger partial charge in [-0.05, 0) is 0 Å². The first-order chi connectivity index (χ1) is 13.4. The molecular formula is C16H8F3N5O2S2. The molecule has 7 nitrogen and oxygen atoms in total. The van der Waals surface area contributed by atoms with E-state index in [0.717, 1.165) is 27.7 Å². The predicted octanol–water partition coefficient (Wildman–Crippen LogP) is 2.64. The third kappa shape index (κ3) is 3.31. The Morgan fingerprint density at radius 1 is 1.14 bits per heavy atom. The van der Waals surface area contributed by atoms with Gasteiger partial charge in [0.2, 0.25) is 0 Å². The van der Waals surface area contributed by atoms with Crippen LogP contribution in [0.15, 0.2) is 44.8 Å². The Bertz CT molecular complexity index is 1270. The SMILES string of the molecule is O=c1ncc(-n2c(SCc3c(F)cc(F)cc3F)nc3ncsc3c2=O)c[nH]1. The van der Waals surface area contributed by atoms with Gasteiger partial charge in [-0.3, -0.25) is 9.36 Å². The van der Waals surface area contributed by atoms with Crippen molar-refractivity contribution in [3.63, 3.8) is 0 Å². The average molecular weight is 423 g/mol. The zero-order valence-corrected chi connectivity index (χ0v) is 15.3. The largest absolute Gasteiger partial charge is 0.345 e. The minimum absolute atomic E-state index is 0.0837. The third-order valence-electron chi connectivity index (χ3n) is 3.71. The lowest BCUT2D eigenvalue weighted by molar-refractivity contribution is 0.531. The van der Waals surface area contributed by atoms with Crippen molar-refractivity contribution in [2.75, 3.05) is 0 Å². The van der Waals surface area contributed by atoms with Gasteiger partial charge < -0.3 is 4.98 Å². The van der Waals surface area contributed by atoms with Crippen LogP contribution in [0.3, 0.4) is 0 Å². The fourth-order valence-electron chi connectivity index (χ4n) is 2.42. The van der Waals surface area contributed by atoms with Gasteiger partial charge >= 0.3 is 5.69 Å². The summed E-state index contributed by atoms with van der Waals surface area (Å²) in [6.45, 7) is 0. The number of aromatic amines is 1. The molecule has 4 aromatic rings. The van der Waals surface area contributed by atoms with Crippen LogP contribution in [0.2, 0.25) is 0 Å². The predicted molar refractivity (Wildman–Crippen MR) is 97.3 cm³/mol. The minimum atomic E-state index is -1.04. The van der Waals surface area contributed by atoms with Crippen LogP contribution in [-0.4, -0.2) is 24.5 Å². The molecule has 1 N–H and O–H groups in total. The number of fused-ring (bicyclic) bond motifs is 1. The fraction of sp³-hybridized carbons (Fsp3) is 0.0625. The Hall–Kier alpha value is -2.99. The summed E-state index contributed by atoms with van der Waals surface area (Å²) in [5.41, 5.74) is 0.422. The highest BCUT2D eigenvalue weighted by Crippen LogP contribution is 2.27. The Morgan fingerprint density at radius 2 is 1.89 bits per heavy atom. The number of aromatic nitrogens is 5. The molecule has 0 radical (unpaired) electrons. The van der Waals surface area contributed by atoms with Gasteiger partial charge in [0, 0.05) is 29.6 Å². The number of rotatable bonds is 4. The van der Waals surface area contributed by atoms with Crippen molar-refractivity contribution >= 4 is 33.4 Å². The second-order valence-electron chi connectivity index (χ2n) is 5.45. The number of halogens is 3. The molecule has 0 aliphatic rings. The lowest BCUT2D eigenvalue weighted by Crippen LogP contribution is -2.22. The van der Waals surface area contributed by atoms with Gasteiger partial charge in [0.25, 0.3) is 5.56 Å². The first-order valence-electron chi connectivity index (χ1n) is 7.61. The van der Waals surface area contributed by atoms with Crippen LogP contribution in [0.4, 0.5) is 13.2 Å². The maximum Gasteiger partial charge on any atom is 0.345 e. The molecule has 0 atom stereocenters. The molecule has 142 valence electrons. The molecule has 1 aromatic carbocycles. The molecule has 3 heterocycles. The van der Waals surface area contributed by atoms with Crippen molar-refractivity contribution in [3.05, 3.63) is 73.9 Å². The number of nitrogens with one attached hydrogen (secondary N) is 1. The van der Waals surface area contributed by atoms with Crippen molar-refractivity contribution in [1.82, 2.24) is 24.5 Å². The summed E-state index contributed by atoms with van der Waals surface area (Å²) in [5, 5.41) is 0.0837. The molecule has 0 aliphatic heterocycles. The third-order valence-corrected chi connectivity index (χ3v) is 5.47. The number of thioether (sulfide) groups is 1. The van der Waals surface area contributed by atoms with Gasteiger partial charge in [-0.25, -0.2) is 27.9 Å². The second kappa shape index (κ2) is 7.20. The number of H-pyrrole nitrogens is 1. The van der Waals surface area contributed by atoms with Crippen molar-refractivity contribution in [3.8, 4) is 5.69 Å². The molecule has 0 spiro atoms. The van der Waals surface area contributed by atoms with Crippen molar-refractivity contribution in [2.45, 2.75) is 10.9 Å². The second-order valence-corrected chi connectivity index (χ2v) is 7.25. The van der Waals surface area contributed by atoms with Gasteiger partial charge in [0.1, 0.15) is 22.2 Å². The van der Waals surface area contributed by atoms with Crippen LogP contribution < -0.4 is 11.2 Å². The molecule has 28 heavy (non-hydrogen) atoms. The van der Waals surface area contributed by atoms with Gasteiger partial charge in [-0.2, -0.15) is 4.98 Å². The summed E-state index contributed by atoms with van der Waals surface area (Å²) < 4.78 is 42.4. The fourth-order valence-corrected chi connectivity index (χ4v) is 4.09. The molecule has 0 bridgehead atoms. The van der Waals surface area contributed by atoms with Crippen molar-refractivity contribution < 1.29 is 13.2 Å². The van der Waals surface area contributed by atoms with E-state index in [2.05, 4.69) is 19.9 Å². The van der Waals surface area contributed by atoms with Crippen LogP contribution in [0, 0.1) is 17.5 Å². The summed E-state index contributed by atoms with van der Waals surface area (Å²) in [7, 11) is 0. The van der Waals surface area contributed by atoms with Crippen molar-refractivity contribution in [2.24, 2.45) is 0 Å². The highest BCUT2D eigenvalue weighted by atomic mass is 32.2. The standard InChI is InChI=1S/C16H8F3N5O2S2/c17-7-1-10(18)9(11(19)2-7)5-27-16-23-13-12(28-6-22-13)14(25)24(16)8-3-20-15(26)21-4-8/h1-4,6H,5H2,(H,20,21,26). The van der Waals surface area contributed by atoms with Crippen molar-refractivity contribution in [1.29, 1.82) is 0 Å². The summed E-state index contributed by atoms with van der Waals surface area (Å²) in [5.74, 6) is -3.36. The Morgan fingerprint density at radius 3 is 2.57 bits per heavy atom. The number of nitrogens with zero attached hydrogens (tertiary/aromatic N) is 4. The number of hydrogen-bond donors (Lipinski definition) is 1. The van der Waals surface area contributed by atoms with E-state index in [0.29, 0.717) is 12.1 Å². The summed E-state index contributed by atoms with van der Waals surface area (Å²) in [6, 6.07) is 1.16. The molecule has 0 saturated carbocycles. The summed E-state index contributed by atoms with van der Waals surface area (Å²) >= 11 is 1.95. The maximum atomic E-state index is 13.9. The smallest absolute Gasteiger partial charge is 0.311 e. The van der Waals surface area contributed by atoms with E-state index >= 15 is 0 Å². The zero-order valence-electron chi connectivity index (χ0n) is 13.6. The molecule has 3 aromatic heterocycles. The summed E-state index contributed by atoms with van der Waals surface area (Å²) in [6.07, 6.45) is 2.45. The molecule has 4 rings (SSSR count). The monoisotopic (exact) mass is 423 g/mol. The summed E-state index contributed by atoms with van der Waals surface area (Å²) in [4.78, 5) is 38.3. The lowest BCUT2D eigenvalue weighted by Gasteiger charge is -2.11. The van der Waals surface area contributed by atoms with Crippen LogP contribution in [-0.2, 0) is 5.75 Å². The molecule has 0 unspecified atom stereocenters. The highest BCUT2D eigenvalue weighted by molar-refractivity contribution is 7.98. The quantitative estimate of drug-likeness (QED) is 0.401. The topological polar surface area (TPSA) is 93.5 Å². The highest BCUT2D eigenvalue weighted by Gasteiger charge is 2.18. The molecule has 0 fully saturated rings. The maximum absolute atomic E-state index is 13.9. The normalized spacial score (nSPS) is 11.2. The molecule has 0 amide bonds. The van der Waals surface area contributed by atoms with E-state index in [4.69, 9.17) is 0 Å². The first kappa shape index (κ1) is 18.4. The molecular weight excluding hydrogens is 415 g/mol. The van der Waals surface area contributed by atoms with E-state index in [1.54, 1.807) is 0 Å². The molecule has 12 heteroatoms. The van der Waals surface area contributed by atoms with E-state index < -0.39 is 28.7 Å². The molecule has 0 aliphatic carbocycles. The number of thiazole rings is 1. The Balaban J connectivity index is 1.82. The number of hydrogen-bond acceptors (Lipinski definition) is 7. The van der Waals surface area contributed by atoms with E-state index in [1.165, 1.54) is 17.9 Å². The van der Waals surface area contributed by atoms with Gasteiger partial charge in [-0.15, -0.1) is 11.3 Å². The van der Waals surface area contributed by atoms with Gasteiger partial charge in [-0.1, -0.05) is 11.8 Å². The van der Waals surface area contributed by atoms with Crippen LogP contribution >= 0.6 is 23.1 Å². The first-order valence-corrected chi connectivity index (χ1v) is 9.48. The van der Waals surface area contributed by atoms with E-state index in [9.17, 15) is 22.8 Å². The Labute approximate surface area is 161 Å². The average Bonchev–Trinajstić information content (AvgIpc) is 3.11. The zero-order chi connectivity index (χ0) is 19.8. The van der Waals surface area contributed by atoms with Crippen LogP contribution in [0.25, 0.3) is 16.0 Å². The molecule has 0 saturated heterocycles. The van der Waals surface area contributed by atoms with Crippen LogP contribution in [0.5, 0.6) is 0 Å². The van der Waals surface area contributed by atoms with E-state index in [1.807, 2.05) is 0 Å². The minimum Gasteiger partial charge on any atom is -0.311 e. The van der Waals surface area contributed by atoms with Gasteiger partial charge in [0.15, 0.2) is 10.8 Å². The Kier molecular flexibility index (Phi) is 4.73. The number of benzene rings is 1. The van der Waals surface area contributed by atoms with Crippen LogP contribution in [0.1, 0.15) is 5.56 Å². The van der Waals surface area contributed by atoms with Gasteiger partial charge in [0.05, 0.1) is 17.4 Å².